The van der Waals surface area contributed by atoms with Gasteiger partial charge in [0, 0.05) is 31.6 Å². The molecule has 2 rings (SSSR count). The highest BCUT2D eigenvalue weighted by molar-refractivity contribution is 7.89. The van der Waals surface area contributed by atoms with Crippen molar-refractivity contribution in [3.8, 4) is 0 Å². The summed E-state index contributed by atoms with van der Waals surface area (Å²) in [5.74, 6) is -0.146. The lowest BCUT2D eigenvalue weighted by molar-refractivity contribution is -0.130. The zero-order valence-electron chi connectivity index (χ0n) is 15.1. The van der Waals surface area contributed by atoms with Gasteiger partial charge in [0.2, 0.25) is 15.9 Å². The van der Waals surface area contributed by atoms with Crippen LogP contribution in [0.1, 0.15) is 23.1 Å². The molecule has 2 aromatic rings. The summed E-state index contributed by atoms with van der Waals surface area (Å²) in [5, 5.41) is 0.615. The maximum absolute atomic E-state index is 12.3. The van der Waals surface area contributed by atoms with Gasteiger partial charge in [-0.05, 0) is 54.8 Å². The Bertz CT molecular complexity index is 897. The van der Waals surface area contributed by atoms with Crippen LogP contribution in [0, 0.1) is 13.8 Å². The van der Waals surface area contributed by atoms with Crippen molar-refractivity contribution in [1.82, 2.24) is 9.62 Å². The molecule has 0 radical (unpaired) electrons. The van der Waals surface area contributed by atoms with Gasteiger partial charge in [0.25, 0.3) is 0 Å². The van der Waals surface area contributed by atoms with Gasteiger partial charge in [-0.25, -0.2) is 13.1 Å². The van der Waals surface area contributed by atoms with Crippen LogP contribution in [0.4, 0.5) is 0 Å². The van der Waals surface area contributed by atoms with E-state index >= 15 is 0 Å². The predicted molar refractivity (Wildman–Crippen MR) is 104 cm³/mol. The maximum Gasteiger partial charge on any atom is 0.240 e. The molecule has 1 N–H and O–H groups in total. The van der Waals surface area contributed by atoms with Gasteiger partial charge in [-0.15, -0.1) is 0 Å². The van der Waals surface area contributed by atoms with Crippen molar-refractivity contribution in [2.45, 2.75) is 31.7 Å². The first-order valence-electron chi connectivity index (χ1n) is 8.24. The summed E-state index contributed by atoms with van der Waals surface area (Å²) in [4.78, 5) is 14.0. The number of hydrogen-bond donors (Lipinski definition) is 1. The predicted octanol–water partition coefficient (Wildman–Crippen LogP) is 3.28. The van der Waals surface area contributed by atoms with E-state index in [0.717, 1.165) is 16.7 Å². The number of carbonyl (C=O) groups is 1. The number of amides is 1. The third kappa shape index (κ3) is 5.56. The molecule has 0 saturated heterocycles. The second kappa shape index (κ2) is 8.66. The molecule has 0 aliphatic heterocycles. The van der Waals surface area contributed by atoms with Crippen molar-refractivity contribution in [2.24, 2.45) is 0 Å². The second-order valence-corrected chi connectivity index (χ2v) is 8.48. The molecule has 2 aromatic carbocycles. The molecule has 0 aromatic heterocycles. The van der Waals surface area contributed by atoms with Crippen molar-refractivity contribution in [2.75, 3.05) is 13.6 Å². The molecule has 26 heavy (non-hydrogen) atoms. The molecule has 1 amide bonds. The monoisotopic (exact) mass is 394 g/mol. The molecule has 0 unspecified atom stereocenters. The van der Waals surface area contributed by atoms with Gasteiger partial charge >= 0.3 is 0 Å². The minimum atomic E-state index is -3.62. The first kappa shape index (κ1) is 20.4. The minimum Gasteiger partial charge on any atom is -0.341 e. The zero-order valence-corrected chi connectivity index (χ0v) is 16.7. The topological polar surface area (TPSA) is 66.5 Å². The number of sulfonamides is 1. The van der Waals surface area contributed by atoms with E-state index in [0.29, 0.717) is 11.6 Å². The summed E-state index contributed by atoms with van der Waals surface area (Å²) >= 11 is 5.94. The average Bonchev–Trinajstić information content (AvgIpc) is 2.57. The quantitative estimate of drug-likeness (QED) is 0.783. The fourth-order valence-corrected chi connectivity index (χ4v) is 3.77. The van der Waals surface area contributed by atoms with E-state index in [1.54, 1.807) is 42.3 Å². The van der Waals surface area contributed by atoms with E-state index in [-0.39, 0.29) is 23.8 Å². The molecule has 140 valence electrons. The van der Waals surface area contributed by atoms with E-state index in [1.807, 2.05) is 26.0 Å². The molecule has 0 fully saturated rings. The lowest BCUT2D eigenvalue weighted by atomic mass is 10.1. The molecule has 0 bridgehead atoms. The second-order valence-electron chi connectivity index (χ2n) is 6.27. The van der Waals surface area contributed by atoms with Crippen LogP contribution in [0.5, 0.6) is 0 Å². The molecule has 5 nitrogen and oxygen atoms in total. The first-order chi connectivity index (χ1) is 12.2. The van der Waals surface area contributed by atoms with Crippen LogP contribution < -0.4 is 4.72 Å². The van der Waals surface area contributed by atoms with Crippen molar-refractivity contribution in [3.63, 3.8) is 0 Å². The highest BCUT2D eigenvalue weighted by Gasteiger charge is 2.16. The third-order valence-electron chi connectivity index (χ3n) is 4.15. The Balaban J connectivity index is 1.89. The minimum absolute atomic E-state index is 0.0496. The van der Waals surface area contributed by atoms with E-state index in [9.17, 15) is 13.2 Å². The smallest absolute Gasteiger partial charge is 0.240 e. The summed E-state index contributed by atoms with van der Waals surface area (Å²) in [6, 6.07) is 12.3. The van der Waals surface area contributed by atoms with Crippen molar-refractivity contribution < 1.29 is 13.2 Å². The molecular weight excluding hydrogens is 372 g/mol. The van der Waals surface area contributed by atoms with E-state index in [1.165, 1.54) is 0 Å². The van der Waals surface area contributed by atoms with E-state index in [4.69, 9.17) is 11.6 Å². The first-order valence-corrected chi connectivity index (χ1v) is 10.1. The van der Waals surface area contributed by atoms with Crippen LogP contribution in [0.3, 0.4) is 0 Å². The van der Waals surface area contributed by atoms with Gasteiger partial charge in [-0.1, -0.05) is 29.8 Å². The molecule has 7 heteroatoms. The fourth-order valence-electron chi connectivity index (χ4n) is 2.44. The van der Waals surface area contributed by atoms with Crippen molar-refractivity contribution in [1.29, 1.82) is 0 Å². The lowest BCUT2D eigenvalue weighted by Crippen LogP contribution is -2.32. The van der Waals surface area contributed by atoms with Crippen LogP contribution in [-0.2, 0) is 21.4 Å². The number of aryl methyl sites for hydroxylation is 2. The van der Waals surface area contributed by atoms with Gasteiger partial charge in [0.1, 0.15) is 0 Å². The highest BCUT2D eigenvalue weighted by Crippen LogP contribution is 2.15. The number of carbonyl (C=O) groups excluding carboxylic acids is 1. The number of halogens is 1. The third-order valence-corrected chi connectivity index (χ3v) is 5.85. The standard InChI is InChI=1S/C19H23ClN2O3S/c1-14-7-8-18(11-15(14)2)26(24,25)21-10-9-19(23)22(3)13-16-5-4-6-17(20)12-16/h4-8,11-12,21H,9-10,13H2,1-3H3. The molecule has 0 spiro atoms. The van der Waals surface area contributed by atoms with Crippen LogP contribution >= 0.6 is 11.6 Å². The van der Waals surface area contributed by atoms with Gasteiger partial charge in [-0.3, -0.25) is 4.79 Å². The number of nitrogens with one attached hydrogen (secondary N) is 1. The largest absolute Gasteiger partial charge is 0.341 e. The lowest BCUT2D eigenvalue weighted by Gasteiger charge is -2.17. The molecule has 0 atom stereocenters. The zero-order chi connectivity index (χ0) is 19.3. The van der Waals surface area contributed by atoms with Gasteiger partial charge in [0.05, 0.1) is 4.90 Å². The van der Waals surface area contributed by atoms with Gasteiger partial charge < -0.3 is 4.90 Å². The van der Waals surface area contributed by atoms with Gasteiger partial charge in [0.15, 0.2) is 0 Å². The molecule has 0 aliphatic rings. The van der Waals surface area contributed by atoms with Crippen LogP contribution in [-0.4, -0.2) is 32.8 Å². The average molecular weight is 395 g/mol. The Hall–Kier alpha value is -1.89. The van der Waals surface area contributed by atoms with Crippen molar-refractivity contribution >= 4 is 27.5 Å². The fraction of sp³-hybridized carbons (Fsp3) is 0.316. The number of hydrogen-bond acceptors (Lipinski definition) is 3. The maximum atomic E-state index is 12.3. The summed E-state index contributed by atoms with van der Waals surface area (Å²) in [6.45, 7) is 4.26. The van der Waals surface area contributed by atoms with Crippen LogP contribution in [0.15, 0.2) is 47.4 Å². The SMILES string of the molecule is Cc1ccc(S(=O)(=O)NCCC(=O)N(C)Cc2cccc(Cl)c2)cc1C. The van der Waals surface area contributed by atoms with E-state index in [2.05, 4.69) is 4.72 Å². The Labute approximate surface area is 160 Å². The van der Waals surface area contributed by atoms with Crippen LogP contribution in [0.2, 0.25) is 5.02 Å². The molecule has 0 saturated carbocycles. The summed E-state index contributed by atoms with van der Waals surface area (Å²) in [5.41, 5.74) is 2.86. The Morgan fingerprint density at radius 2 is 1.85 bits per heavy atom. The van der Waals surface area contributed by atoms with Crippen LogP contribution in [0.25, 0.3) is 0 Å². The Morgan fingerprint density at radius 1 is 1.12 bits per heavy atom. The van der Waals surface area contributed by atoms with Gasteiger partial charge in [-0.2, -0.15) is 0 Å². The summed E-state index contributed by atoms with van der Waals surface area (Å²) < 4.78 is 27.1. The molecule has 0 aliphatic carbocycles. The number of rotatable bonds is 7. The molecule has 0 heterocycles. The Morgan fingerprint density at radius 3 is 2.50 bits per heavy atom. The number of nitrogens with zero attached hydrogens (tertiary/aromatic N) is 1. The highest BCUT2D eigenvalue weighted by atomic mass is 35.5. The summed E-state index contributed by atoms with van der Waals surface area (Å²) in [7, 11) is -1.94. The van der Waals surface area contributed by atoms with E-state index < -0.39 is 10.0 Å². The van der Waals surface area contributed by atoms with Crippen molar-refractivity contribution in [3.05, 3.63) is 64.2 Å². The molecular formula is C19H23ClN2O3S. The summed E-state index contributed by atoms with van der Waals surface area (Å²) in [6.07, 6.45) is 0.0845. The number of benzene rings is 2. The normalized spacial score (nSPS) is 11.4. The Kier molecular flexibility index (Phi) is 6.81.